The van der Waals surface area contributed by atoms with E-state index in [0.29, 0.717) is 18.2 Å². The molecular formula is C15H21N3O3. The summed E-state index contributed by atoms with van der Waals surface area (Å²) >= 11 is 0. The van der Waals surface area contributed by atoms with Crippen LogP contribution in [-0.4, -0.2) is 17.4 Å². The second-order valence-electron chi connectivity index (χ2n) is 5.93. The highest BCUT2D eigenvalue weighted by atomic mass is 16.6. The number of nitrogens with two attached hydrogens (primary N) is 1. The smallest absolute Gasteiger partial charge is 0.269 e. The number of nitro benzene ring substituents is 1. The van der Waals surface area contributed by atoms with Crippen molar-refractivity contribution in [3.05, 3.63) is 34.4 Å². The topological polar surface area (TPSA) is 98.3 Å². The molecule has 1 amide bonds. The van der Waals surface area contributed by atoms with Gasteiger partial charge in [-0.3, -0.25) is 14.9 Å². The van der Waals surface area contributed by atoms with Crippen LogP contribution in [0.3, 0.4) is 0 Å². The highest BCUT2D eigenvalue weighted by Gasteiger charge is 2.39. The molecule has 6 nitrogen and oxygen atoms in total. The van der Waals surface area contributed by atoms with Crippen LogP contribution in [0.1, 0.15) is 32.6 Å². The average molecular weight is 291 g/mol. The molecule has 0 atom stereocenters. The third kappa shape index (κ3) is 3.39. The van der Waals surface area contributed by atoms with Crippen LogP contribution in [0.2, 0.25) is 0 Å². The van der Waals surface area contributed by atoms with Gasteiger partial charge in [0.1, 0.15) is 0 Å². The van der Waals surface area contributed by atoms with E-state index >= 15 is 0 Å². The molecule has 1 aromatic carbocycles. The van der Waals surface area contributed by atoms with Gasteiger partial charge in [-0.25, -0.2) is 0 Å². The van der Waals surface area contributed by atoms with Crippen molar-refractivity contribution in [3.8, 4) is 0 Å². The molecule has 0 heterocycles. The Morgan fingerprint density at radius 3 is 2.43 bits per heavy atom. The fraction of sp³-hybridized carbons (Fsp3) is 0.533. The first-order chi connectivity index (χ1) is 9.97. The molecule has 0 aliphatic heterocycles. The SMILES string of the molecule is CC1CCC(CN)(C(=O)Nc2ccc([N+](=O)[O-])cc2)CC1. The molecule has 1 aromatic rings. The summed E-state index contributed by atoms with van der Waals surface area (Å²) in [5, 5.41) is 13.5. The van der Waals surface area contributed by atoms with E-state index in [2.05, 4.69) is 12.2 Å². The average Bonchev–Trinajstić information content (AvgIpc) is 2.49. The number of nitrogens with one attached hydrogen (secondary N) is 1. The zero-order valence-corrected chi connectivity index (χ0v) is 12.2. The normalized spacial score (nSPS) is 25.3. The molecule has 1 aliphatic carbocycles. The molecule has 2 rings (SSSR count). The van der Waals surface area contributed by atoms with E-state index in [9.17, 15) is 14.9 Å². The Bertz CT molecular complexity index is 519. The quantitative estimate of drug-likeness (QED) is 0.658. The summed E-state index contributed by atoms with van der Waals surface area (Å²) in [7, 11) is 0. The Morgan fingerprint density at radius 2 is 1.95 bits per heavy atom. The van der Waals surface area contributed by atoms with Gasteiger partial charge in [-0.1, -0.05) is 6.92 Å². The van der Waals surface area contributed by atoms with Gasteiger partial charge < -0.3 is 11.1 Å². The molecule has 3 N–H and O–H groups in total. The molecule has 21 heavy (non-hydrogen) atoms. The van der Waals surface area contributed by atoms with Gasteiger partial charge in [0.15, 0.2) is 0 Å². The number of rotatable bonds is 4. The maximum Gasteiger partial charge on any atom is 0.269 e. The summed E-state index contributed by atoms with van der Waals surface area (Å²) in [4.78, 5) is 22.7. The zero-order chi connectivity index (χ0) is 15.5. The Hall–Kier alpha value is -1.95. The fourth-order valence-electron chi connectivity index (χ4n) is 2.77. The summed E-state index contributed by atoms with van der Waals surface area (Å²) in [5.41, 5.74) is 5.92. The highest BCUT2D eigenvalue weighted by Crippen LogP contribution is 2.39. The second kappa shape index (κ2) is 6.22. The summed E-state index contributed by atoms with van der Waals surface area (Å²) in [6, 6.07) is 5.86. The highest BCUT2D eigenvalue weighted by molar-refractivity contribution is 5.95. The van der Waals surface area contributed by atoms with Crippen LogP contribution in [0.25, 0.3) is 0 Å². The van der Waals surface area contributed by atoms with Crippen LogP contribution in [0, 0.1) is 21.4 Å². The standard InChI is InChI=1S/C15H21N3O3/c1-11-6-8-15(10-16,9-7-11)14(19)17-12-2-4-13(5-3-12)18(20)21/h2-5,11H,6-10,16H2,1H3,(H,17,19). The second-order valence-corrected chi connectivity index (χ2v) is 5.93. The Labute approximate surface area is 123 Å². The number of hydrogen-bond donors (Lipinski definition) is 2. The first-order valence-electron chi connectivity index (χ1n) is 7.23. The van der Waals surface area contributed by atoms with Crippen molar-refractivity contribution in [2.45, 2.75) is 32.6 Å². The first kappa shape index (κ1) is 15.4. The number of carbonyl (C=O) groups excluding carboxylic acids is 1. The van der Waals surface area contributed by atoms with E-state index in [1.807, 2.05) is 0 Å². The third-order valence-corrected chi connectivity index (χ3v) is 4.44. The lowest BCUT2D eigenvalue weighted by Crippen LogP contribution is -2.44. The van der Waals surface area contributed by atoms with Gasteiger partial charge in [0, 0.05) is 24.4 Å². The monoisotopic (exact) mass is 291 g/mol. The van der Waals surface area contributed by atoms with Crippen molar-refractivity contribution < 1.29 is 9.72 Å². The number of carbonyl (C=O) groups is 1. The van der Waals surface area contributed by atoms with E-state index in [1.54, 1.807) is 12.1 Å². The van der Waals surface area contributed by atoms with E-state index in [1.165, 1.54) is 12.1 Å². The third-order valence-electron chi connectivity index (χ3n) is 4.44. The Balaban J connectivity index is 2.07. The molecule has 0 unspecified atom stereocenters. The van der Waals surface area contributed by atoms with Crippen molar-refractivity contribution in [1.82, 2.24) is 0 Å². The van der Waals surface area contributed by atoms with Crippen LogP contribution in [0.5, 0.6) is 0 Å². The molecule has 1 fully saturated rings. The van der Waals surface area contributed by atoms with E-state index in [4.69, 9.17) is 5.73 Å². The molecule has 0 bridgehead atoms. The minimum atomic E-state index is -0.506. The summed E-state index contributed by atoms with van der Waals surface area (Å²) < 4.78 is 0. The van der Waals surface area contributed by atoms with Crippen LogP contribution in [0.15, 0.2) is 24.3 Å². The van der Waals surface area contributed by atoms with Gasteiger partial charge >= 0.3 is 0 Å². The molecule has 1 saturated carbocycles. The number of nitrogens with zero attached hydrogens (tertiary/aromatic N) is 1. The number of nitro groups is 1. The predicted octanol–water partition coefficient (Wildman–Crippen LogP) is 2.69. The minimum absolute atomic E-state index is 0.00743. The van der Waals surface area contributed by atoms with Crippen molar-refractivity contribution in [1.29, 1.82) is 0 Å². The molecular weight excluding hydrogens is 270 g/mol. The molecule has 114 valence electrons. The van der Waals surface area contributed by atoms with Gasteiger partial charge in [-0.05, 0) is 43.7 Å². The molecule has 0 radical (unpaired) electrons. The predicted molar refractivity (Wildman–Crippen MR) is 80.8 cm³/mol. The number of amides is 1. The maximum atomic E-state index is 12.5. The number of hydrogen-bond acceptors (Lipinski definition) is 4. The van der Waals surface area contributed by atoms with Crippen molar-refractivity contribution in [3.63, 3.8) is 0 Å². The maximum absolute atomic E-state index is 12.5. The largest absolute Gasteiger partial charge is 0.329 e. The first-order valence-corrected chi connectivity index (χ1v) is 7.23. The van der Waals surface area contributed by atoms with Crippen molar-refractivity contribution in [2.75, 3.05) is 11.9 Å². The van der Waals surface area contributed by atoms with E-state index in [0.717, 1.165) is 25.7 Å². The van der Waals surface area contributed by atoms with Crippen LogP contribution in [-0.2, 0) is 4.79 Å². The van der Waals surface area contributed by atoms with Crippen LogP contribution in [0.4, 0.5) is 11.4 Å². The zero-order valence-electron chi connectivity index (χ0n) is 12.2. The van der Waals surface area contributed by atoms with Crippen molar-refractivity contribution >= 4 is 17.3 Å². The van der Waals surface area contributed by atoms with Gasteiger partial charge in [0.25, 0.3) is 5.69 Å². The summed E-state index contributed by atoms with van der Waals surface area (Å²) in [6.07, 6.45) is 3.60. The van der Waals surface area contributed by atoms with Gasteiger partial charge in [-0.15, -0.1) is 0 Å². The fourth-order valence-corrected chi connectivity index (χ4v) is 2.77. The molecule has 0 spiro atoms. The van der Waals surface area contributed by atoms with Crippen molar-refractivity contribution in [2.24, 2.45) is 17.1 Å². The van der Waals surface area contributed by atoms with Gasteiger partial charge in [0.2, 0.25) is 5.91 Å². The molecule has 6 heteroatoms. The van der Waals surface area contributed by atoms with Crippen LogP contribution >= 0.6 is 0 Å². The Kier molecular flexibility index (Phi) is 4.57. The van der Waals surface area contributed by atoms with Gasteiger partial charge in [-0.2, -0.15) is 0 Å². The minimum Gasteiger partial charge on any atom is -0.329 e. The van der Waals surface area contributed by atoms with E-state index in [-0.39, 0.29) is 11.6 Å². The van der Waals surface area contributed by atoms with Gasteiger partial charge in [0.05, 0.1) is 10.3 Å². The van der Waals surface area contributed by atoms with Crippen LogP contribution < -0.4 is 11.1 Å². The molecule has 0 saturated heterocycles. The Morgan fingerprint density at radius 1 is 1.38 bits per heavy atom. The molecule has 0 aromatic heterocycles. The van der Waals surface area contributed by atoms with E-state index < -0.39 is 10.3 Å². The summed E-state index contributed by atoms with van der Waals surface area (Å²) in [5.74, 6) is 0.558. The lowest BCUT2D eigenvalue weighted by molar-refractivity contribution is -0.384. The number of anilines is 1. The lowest BCUT2D eigenvalue weighted by Gasteiger charge is -2.37. The number of non-ortho nitro benzene ring substituents is 1. The lowest BCUT2D eigenvalue weighted by atomic mass is 9.70. The summed E-state index contributed by atoms with van der Waals surface area (Å²) in [6.45, 7) is 2.52. The molecule has 1 aliphatic rings. The number of benzene rings is 1.